The molecule has 0 spiro atoms. The van der Waals surface area contributed by atoms with Crippen LogP contribution in [0.2, 0.25) is 0 Å². The Balaban J connectivity index is 1.73. The summed E-state index contributed by atoms with van der Waals surface area (Å²) in [6.07, 6.45) is 1.12. The topological polar surface area (TPSA) is 102 Å². The van der Waals surface area contributed by atoms with E-state index in [1.807, 2.05) is 0 Å². The summed E-state index contributed by atoms with van der Waals surface area (Å²) in [5, 5.41) is 2.77. The zero-order chi connectivity index (χ0) is 22.4. The number of piperidine rings is 1. The van der Waals surface area contributed by atoms with Crippen LogP contribution in [0.25, 0.3) is 0 Å². The second-order valence-electron chi connectivity index (χ2n) is 7.13. The van der Waals surface area contributed by atoms with Crippen molar-refractivity contribution in [2.45, 2.75) is 24.7 Å². The molecule has 1 unspecified atom stereocenters. The van der Waals surface area contributed by atoms with Gasteiger partial charge in [0.25, 0.3) is 0 Å². The molecule has 2 aromatic rings. The van der Waals surface area contributed by atoms with Crippen LogP contribution in [0.5, 0.6) is 5.75 Å². The Kier molecular flexibility index (Phi) is 7.29. The van der Waals surface area contributed by atoms with E-state index in [-0.39, 0.29) is 29.5 Å². The number of sulfonamides is 1. The van der Waals surface area contributed by atoms with Crippen molar-refractivity contribution in [2.75, 3.05) is 32.1 Å². The van der Waals surface area contributed by atoms with Gasteiger partial charge in [-0.3, -0.25) is 4.79 Å². The molecule has 1 heterocycles. The lowest BCUT2D eigenvalue weighted by Gasteiger charge is -2.31. The third kappa shape index (κ3) is 5.23. The molecule has 1 fully saturated rings. The predicted octanol–water partition coefficient (Wildman–Crippen LogP) is 2.91. The molecular weight excluding hydrogens is 420 g/mol. The van der Waals surface area contributed by atoms with E-state index in [0.29, 0.717) is 30.8 Å². The van der Waals surface area contributed by atoms with Gasteiger partial charge in [0.1, 0.15) is 5.75 Å². The lowest BCUT2D eigenvalue weighted by Crippen LogP contribution is -2.43. The van der Waals surface area contributed by atoms with Crippen molar-refractivity contribution in [1.29, 1.82) is 0 Å². The minimum absolute atomic E-state index is 0.0712. The Hall–Kier alpha value is -2.91. The molecule has 8 nitrogen and oxygen atoms in total. The summed E-state index contributed by atoms with van der Waals surface area (Å²) in [4.78, 5) is 25.2. The fraction of sp³-hybridized carbons (Fsp3) is 0.364. The van der Waals surface area contributed by atoms with Gasteiger partial charge in [0.15, 0.2) is 0 Å². The molecule has 0 saturated carbocycles. The molecule has 1 amide bonds. The third-order valence-corrected chi connectivity index (χ3v) is 7.01. The third-order valence-electron chi connectivity index (χ3n) is 5.13. The lowest BCUT2D eigenvalue weighted by molar-refractivity contribution is -0.120. The maximum Gasteiger partial charge on any atom is 0.340 e. The fourth-order valence-corrected chi connectivity index (χ4v) is 5.01. The number of esters is 1. The molecule has 0 radical (unpaired) electrons. The number of hydrogen-bond donors (Lipinski definition) is 1. The number of hydrogen-bond acceptors (Lipinski definition) is 6. The van der Waals surface area contributed by atoms with Gasteiger partial charge in [-0.25, -0.2) is 13.2 Å². The molecule has 31 heavy (non-hydrogen) atoms. The number of carbonyl (C=O) groups is 2. The lowest BCUT2D eigenvalue weighted by atomic mass is 9.98. The Morgan fingerprint density at radius 3 is 2.52 bits per heavy atom. The quantitative estimate of drug-likeness (QED) is 0.656. The van der Waals surface area contributed by atoms with Gasteiger partial charge in [0.05, 0.1) is 35.8 Å². The number of para-hydroxylation sites is 1. The fourth-order valence-electron chi connectivity index (χ4n) is 3.49. The molecule has 9 heteroatoms. The van der Waals surface area contributed by atoms with Crippen LogP contribution in [-0.4, -0.2) is 51.4 Å². The van der Waals surface area contributed by atoms with Gasteiger partial charge in [-0.15, -0.1) is 0 Å². The van der Waals surface area contributed by atoms with E-state index in [2.05, 4.69) is 5.32 Å². The summed E-state index contributed by atoms with van der Waals surface area (Å²) in [6, 6.07) is 12.8. The molecule has 0 aromatic heterocycles. The monoisotopic (exact) mass is 446 g/mol. The summed E-state index contributed by atoms with van der Waals surface area (Å²) in [7, 11) is -2.22. The number of benzene rings is 2. The molecule has 3 rings (SSSR count). The highest BCUT2D eigenvalue weighted by atomic mass is 32.2. The number of nitrogens with one attached hydrogen (secondary N) is 1. The maximum atomic E-state index is 13.0. The molecule has 166 valence electrons. The highest BCUT2D eigenvalue weighted by Gasteiger charge is 2.33. The molecule has 1 N–H and O–H groups in total. The van der Waals surface area contributed by atoms with Crippen molar-refractivity contribution in [1.82, 2.24) is 4.31 Å². The van der Waals surface area contributed by atoms with Crippen LogP contribution in [0.15, 0.2) is 53.4 Å². The van der Waals surface area contributed by atoms with E-state index in [1.54, 1.807) is 43.3 Å². The van der Waals surface area contributed by atoms with Crippen molar-refractivity contribution >= 4 is 27.6 Å². The average Bonchev–Trinajstić information content (AvgIpc) is 2.79. The molecule has 1 aliphatic rings. The smallest absolute Gasteiger partial charge is 0.340 e. The van der Waals surface area contributed by atoms with E-state index in [0.717, 1.165) is 0 Å². The van der Waals surface area contributed by atoms with Gasteiger partial charge in [0, 0.05) is 13.1 Å². The van der Waals surface area contributed by atoms with Gasteiger partial charge < -0.3 is 14.8 Å². The molecular formula is C22H26N2O6S. The molecule has 1 aliphatic heterocycles. The van der Waals surface area contributed by atoms with Crippen LogP contribution in [0, 0.1) is 5.92 Å². The second kappa shape index (κ2) is 9.93. The van der Waals surface area contributed by atoms with Crippen LogP contribution < -0.4 is 10.1 Å². The molecule has 0 bridgehead atoms. The number of methoxy groups -OCH3 is 1. The Morgan fingerprint density at radius 1 is 1.13 bits per heavy atom. The van der Waals surface area contributed by atoms with Gasteiger partial charge in [-0.05, 0) is 56.2 Å². The Bertz CT molecular complexity index is 1040. The number of carbonyl (C=O) groups excluding carboxylic acids is 2. The highest BCUT2D eigenvalue weighted by molar-refractivity contribution is 7.89. The molecule has 0 aliphatic carbocycles. The van der Waals surface area contributed by atoms with Crippen LogP contribution in [0.4, 0.5) is 5.69 Å². The van der Waals surface area contributed by atoms with E-state index < -0.39 is 21.9 Å². The summed E-state index contributed by atoms with van der Waals surface area (Å²) in [6.45, 7) is 2.35. The van der Waals surface area contributed by atoms with Crippen LogP contribution in [-0.2, 0) is 19.6 Å². The van der Waals surface area contributed by atoms with Crippen LogP contribution in [0.1, 0.15) is 30.1 Å². The van der Waals surface area contributed by atoms with Gasteiger partial charge in [-0.2, -0.15) is 4.31 Å². The Labute approximate surface area is 182 Å². The van der Waals surface area contributed by atoms with E-state index in [1.165, 1.54) is 23.5 Å². The van der Waals surface area contributed by atoms with Crippen molar-refractivity contribution in [3.8, 4) is 5.75 Å². The first-order valence-corrected chi connectivity index (χ1v) is 11.5. The van der Waals surface area contributed by atoms with Gasteiger partial charge in [0.2, 0.25) is 15.9 Å². The number of anilines is 1. The zero-order valence-electron chi connectivity index (χ0n) is 17.5. The predicted molar refractivity (Wildman–Crippen MR) is 116 cm³/mol. The van der Waals surface area contributed by atoms with Gasteiger partial charge >= 0.3 is 5.97 Å². The van der Waals surface area contributed by atoms with Crippen molar-refractivity contribution in [2.24, 2.45) is 5.92 Å². The average molecular weight is 447 g/mol. The second-order valence-corrected chi connectivity index (χ2v) is 9.07. The summed E-state index contributed by atoms with van der Waals surface area (Å²) in [5.74, 6) is -0.815. The minimum Gasteiger partial charge on any atom is -0.497 e. The molecule has 2 aromatic carbocycles. The van der Waals surface area contributed by atoms with Crippen molar-refractivity contribution in [3.05, 3.63) is 54.1 Å². The SMILES string of the molecule is CCOC(=O)c1ccccc1NC(=O)C1CCCN(S(=O)(=O)c2ccc(OC)cc2)C1. The number of nitrogens with zero attached hydrogens (tertiary/aromatic N) is 1. The molecule has 1 saturated heterocycles. The first kappa shape index (κ1) is 22.8. The van der Waals surface area contributed by atoms with Crippen LogP contribution in [0.3, 0.4) is 0 Å². The summed E-state index contributed by atoms with van der Waals surface area (Å²) in [5.41, 5.74) is 0.609. The number of rotatable bonds is 7. The maximum absolute atomic E-state index is 13.0. The number of amides is 1. The van der Waals surface area contributed by atoms with Crippen molar-refractivity contribution in [3.63, 3.8) is 0 Å². The normalized spacial score (nSPS) is 17.0. The minimum atomic E-state index is -3.73. The number of ether oxygens (including phenoxy) is 2. The summed E-state index contributed by atoms with van der Waals surface area (Å²) >= 11 is 0. The zero-order valence-corrected chi connectivity index (χ0v) is 18.4. The van der Waals surface area contributed by atoms with E-state index >= 15 is 0 Å². The Morgan fingerprint density at radius 2 is 1.84 bits per heavy atom. The van der Waals surface area contributed by atoms with Crippen molar-refractivity contribution < 1.29 is 27.5 Å². The summed E-state index contributed by atoms with van der Waals surface area (Å²) < 4.78 is 37.5. The van der Waals surface area contributed by atoms with E-state index in [4.69, 9.17) is 9.47 Å². The highest BCUT2D eigenvalue weighted by Crippen LogP contribution is 2.26. The van der Waals surface area contributed by atoms with E-state index in [9.17, 15) is 18.0 Å². The van der Waals surface area contributed by atoms with Crippen LogP contribution >= 0.6 is 0 Å². The standard InChI is InChI=1S/C22H26N2O6S/c1-3-30-22(26)19-8-4-5-9-20(19)23-21(25)16-7-6-14-24(15-16)31(27,28)18-12-10-17(29-2)11-13-18/h4-5,8-13,16H,3,6-7,14-15H2,1-2H3,(H,23,25). The first-order chi connectivity index (χ1) is 14.9. The first-order valence-electron chi connectivity index (χ1n) is 10.1. The largest absolute Gasteiger partial charge is 0.497 e. The molecule has 1 atom stereocenters. The van der Waals surface area contributed by atoms with Gasteiger partial charge in [-0.1, -0.05) is 12.1 Å².